The van der Waals surface area contributed by atoms with Crippen molar-refractivity contribution in [2.75, 3.05) is 32.2 Å². The summed E-state index contributed by atoms with van der Waals surface area (Å²) in [5.41, 5.74) is 0.321. The van der Waals surface area contributed by atoms with Gasteiger partial charge in [0.25, 0.3) is 5.91 Å². The highest BCUT2D eigenvalue weighted by Crippen LogP contribution is 2.30. The van der Waals surface area contributed by atoms with Crippen molar-refractivity contribution in [3.63, 3.8) is 0 Å². The number of carbonyl (C=O) groups is 1. The SMILES string of the molecule is CI.COCC(NC(=O)c1nc(-c2cc(F)c(F)cc2F)n2c1CN(C)CCC2)C(C)(C)C. The second-order valence-corrected chi connectivity index (χ2v) is 9.07. The van der Waals surface area contributed by atoms with Crippen molar-refractivity contribution in [3.05, 3.63) is 41.0 Å². The van der Waals surface area contributed by atoms with E-state index >= 15 is 0 Å². The maximum Gasteiger partial charge on any atom is 0.272 e. The zero-order chi connectivity index (χ0) is 24.9. The van der Waals surface area contributed by atoms with Crippen LogP contribution in [-0.4, -0.2) is 58.6 Å². The number of carbonyl (C=O) groups excluding carboxylic acids is 1. The number of benzene rings is 1. The number of aromatic nitrogens is 2. The predicted molar refractivity (Wildman–Crippen MR) is 131 cm³/mol. The van der Waals surface area contributed by atoms with Crippen molar-refractivity contribution in [2.45, 2.75) is 46.3 Å². The number of methoxy groups -OCH3 is 1. The van der Waals surface area contributed by atoms with E-state index in [2.05, 4.69) is 32.9 Å². The molecule has 2 heterocycles. The Labute approximate surface area is 207 Å². The number of imidazole rings is 1. The Morgan fingerprint density at radius 2 is 1.82 bits per heavy atom. The summed E-state index contributed by atoms with van der Waals surface area (Å²) in [5, 5.41) is 2.97. The molecule has 0 bridgehead atoms. The second-order valence-electron chi connectivity index (χ2n) is 9.07. The monoisotopic (exact) mass is 580 g/mol. The molecule has 1 N–H and O–H groups in total. The zero-order valence-electron chi connectivity index (χ0n) is 19.9. The summed E-state index contributed by atoms with van der Waals surface area (Å²) >= 11 is 2.15. The van der Waals surface area contributed by atoms with Gasteiger partial charge in [0, 0.05) is 26.3 Å². The minimum absolute atomic E-state index is 0.117. The normalized spacial score (nSPS) is 15.2. The van der Waals surface area contributed by atoms with Crippen LogP contribution < -0.4 is 5.32 Å². The van der Waals surface area contributed by atoms with Crippen LogP contribution in [0.3, 0.4) is 0 Å². The predicted octanol–water partition coefficient (Wildman–Crippen LogP) is 4.65. The molecule has 184 valence electrons. The highest BCUT2D eigenvalue weighted by atomic mass is 127. The van der Waals surface area contributed by atoms with Crippen LogP contribution in [0.15, 0.2) is 12.1 Å². The third-order valence-corrected chi connectivity index (χ3v) is 5.56. The summed E-state index contributed by atoms with van der Waals surface area (Å²) in [6.45, 7) is 7.95. The van der Waals surface area contributed by atoms with E-state index in [0.717, 1.165) is 19.0 Å². The van der Waals surface area contributed by atoms with Crippen LogP contribution >= 0.6 is 22.6 Å². The first-order chi connectivity index (χ1) is 15.5. The third kappa shape index (κ3) is 6.48. The fourth-order valence-electron chi connectivity index (χ4n) is 3.70. The smallest absolute Gasteiger partial charge is 0.272 e. The lowest BCUT2D eigenvalue weighted by atomic mass is 9.87. The van der Waals surface area contributed by atoms with Crippen molar-refractivity contribution in [1.29, 1.82) is 0 Å². The van der Waals surface area contributed by atoms with Crippen LogP contribution in [0.25, 0.3) is 11.4 Å². The number of fused-ring (bicyclic) bond motifs is 1. The number of ether oxygens (including phenoxy) is 1. The highest BCUT2D eigenvalue weighted by Gasteiger charge is 2.31. The molecule has 0 saturated heterocycles. The molecule has 1 aromatic carbocycles. The van der Waals surface area contributed by atoms with E-state index in [-0.39, 0.29) is 28.5 Å². The maximum absolute atomic E-state index is 14.6. The van der Waals surface area contributed by atoms with Gasteiger partial charge in [0.05, 0.1) is 23.9 Å². The molecule has 0 aliphatic carbocycles. The van der Waals surface area contributed by atoms with E-state index < -0.39 is 23.4 Å². The number of alkyl halides is 1. The molecule has 2 aromatic rings. The number of hydrogen-bond donors (Lipinski definition) is 1. The van der Waals surface area contributed by atoms with E-state index in [1.54, 1.807) is 11.7 Å². The molecule has 6 nitrogen and oxygen atoms in total. The van der Waals surface area contributed by atoms with Gasteiger partial charge in [-0.15, -0.1) is 0 Å². The number of halogens is 4. The molecule has 10 heteroatoms. The molecule has 0 radical (unpaired) electrons. The number of hydrogen-bond acceptors (Lipinski definition) is 4. The summed E-state index contributed by atoms with van der Waals surface area (Å²) in [6, 6.07) is 1.01. The minimum atomic E-state index is -1.27. The molecule has 1 atom stereocenters. The van der Waals surface area contributed by atoms with Crippen LogP contribution in [0.1, 0.15) is 43.4 Å². The lowest BCUT2D eigenvalue weighted by Gasteiger charge is -2.30. The lowest BCUT2D eigenvalue weighted by Crippen LogP contribution is -2.47. The zero-order valence-corrected chi connectivity index (χ0v) is 22.1. The number of nitrogens with one attached hydrogen (secondary N) is 1. The second kappa shape index (κ2) is 11.7. The molecule has 1 aliphatic heterocycles. The van der Waals surface area contributed by atoms with Crippen LogP contribution in [0.2, 0.25) is 0 Å². The van der Waals surface area contributed by atoms with E-state index in [1.165, 1.54) is 0 Å². The summed E-state index contributed by atoms with van der Waals surface area (Å²) in [4.78, 5) is 21.7. The Hall–Kier alpha value is -1.66. The third-order valence-electron chi connectivity index (χ3n) is 5.56. The van der Waals surface area contributed by atoms with Crippen LogP contribution in [0, 0.1) is 22.9 Å². The van der Waals surface area contributed by atoms with Crippen LogP contribution in [-0.2, 0) is 17.8 Å². The Balaban J connectivity index is 0.00000187. The topological polar surface area (TPSA) is 59.4 Å². The molecule has 1 unspecified atom stereocenters. The van der Waals surface area contributed by atoms with Crippen molar-refractivity contribution in [2.24, 2.45) is 5.41 Å². The number of rotatable bonds is 5. The highest BCUT2D eigenvalue weighted by molar-refractivity contribution is 14.1. The summed E-state index contributed by atoms with van der Waals surface area (Å²) in [6.07, 6.45) is 0.744. The van der Waals surface area contributed by atoms with Gasteiger partial charge < -0.3 is 19.5 Å². The fraction of sp³-hybridized carbons (Fsp3) is 0.565. The molecule has 0 spiro atoms. The Morgan fingerprint density at radius 3 is 2.42 bits per heavy atom. The molecule has 1 aliphatic rings. The molecule has 33 heavy (non-hydrogen) atoms. The fourth-order valence-corrected chi connectivity index (χ4v) is 3.70. The van der Waals surface area contributed by atoms with Crippen LogP contribution in [0.4, 0.5) is 13.2 Å². The van der Waals surface area contributed by atoms with Gasteiger partial charge in [-0.2, -0.15) is 0 Å². The molecule has 1 amide bonds. The van der Waals surface area contributed by atoms with Crippen molar-refractivity contribution >= 4 is 28.5 Å². The Bertz CT molecular complexity index is 976. The maximum atomic E-state index is 14.6. The van der Waals surface area contributed by atoms with Gasteiger partial charge in [-0.3, -0.25) is 4.79 Å². The molecule has 0 fully saturated rings. The standard InChI is InChI=1S/C22H29F3N4O2.CH3I/c1-22(2,3)18(12-31-5)26-21(30)19-17-11-28(4)7-6-8-29(17)20(27-19)13-9-15(24)16(25)10-14(13)23;1-2/h9-10,18H,6-8,11-12H2,1-5H3,(H,26,30);1H3. The van der Waals surface area contributed by atoms with E-state index in [0.29, 0.717) is 31.5 Å². The van der Waals surface area contributed by atoms with Gasteiger partial charge in [-0.25, -0.2) is 18.2 Å². The largest absolute Gasteiger partial charge is 0.383 e. The minimum Gasteiger partial charge on any atom is -0.383 e. The first-order valence-corrected chi connectivity index (χ1v) is 12.8. The van der Waals surface area contributed by atoms with E-state index in [4.69, 9.17) is 4.74 Å². The number of amides is 1. The first-order valence-electron chi connectivity index (χ1n) is 10.6. The molecule has 3 rings (SSSR count). The molecular weight excluding hydrogens is 548 g/mol. The quantitative estimate of drug-likeness (QED) is 0.318. The average molecular weight is 580 g/mol. The van der Waals surface area contributed by atoms with Gasteiger partial charge >= 0.3 is 0 Å². The van der Waals surface area contributed by atoms with Gasteiger partial charge in [0.15, 0.2) is 17.3 Å². The summed E-state index contributed by atoms with van der Waals surface area (Å²) in [5.74, 6) is -3.66. The molecule has 1 aromatic heterocycles. The summed E-state index contributed by atoms with van der Waals surface area (Å²) in [7, 11) is 3.48. The van der Waals surface area contributed by atoms with Crippen molar-refractivity contribution in [3.8, 4) is 11.4 Å². The lowest BCUT2D eigenvalue weighted by molar-refractivity contribution is 0.0781. The van der Waals surface area contributed by atoms with Crippen LogP contribution in [0.5, 0.6) is 0 Å². The van der Waals surface area contributed by atoms with Crippen molar-refractivity contribution in [1.82, 2.24) is 19.8 Å². The number of nitrogens with zero attached hydrogens (tertiary/aromatic N) is 3. The first kappa shape index (κ1) is 27.6. The van der Waals surface area contributed by atoms with Gasteiger partial charge in [0.1, 0.15) is 11.6 Å². The average Bonchev–Trinajstić information content (AvgIpc) is 2.97. The van der Waals surface area contributed by atoms with Gasteiger partial charge in [0.2, 0.25) is 0 Å². The van der Waals surface area contributed by atoms with E-state index in [1.807, 2.05) is 37.6 Å². The van der Waals surface area contributed by atoms with E-state index in [9.17, 15) is 18.0 Å². The molecular formula is C23H32F3IN4O2. The Morgan fingerprint density at radius 1 is 1.18 bits per heavy atom. The summed E-state index contributed by atoms with van der Waals surface area (Å²) < 4.78 is 48.9. The van der Waals surface area contributed by atoms with Gasteiger partial charge in [-0.05, 0) is 36.4 Å². The molecule has 0 saturated carbocycles. The Kier molecular flexibility index (Phi) is 9.74. The van der Waals surface area contributed by atoms with Gasteiger partial charge in [-0.1, -0.05) is 43.4 Å². The van der Waals surface area contributed by atoms with Crippen molar-refractivity contribution < 1.29 is 22.7 Å².